The maximum Gasteiger partial charge on any atom is 0.128 e. The first-order valence-electron chi connectivity index (χ1n) is 8.79. The van der Waals surface area contributed by atoms with Gasteiger partial charge in [-0.1, -0.05) is 60.1 Å². The number of aromatic nitrogens is 2. The number of fused-ring (bicyclic) bond motifs is 1. The Morgan fingerprint density at radius 1 is 0.963 bits per heavy atom. The van der Waals surface area contributed by atoms with Crippen LogP contribution in [-0.4, -0.2) is 21.3 Å². The minimum absolute atomic E-state index is 0.00586. The zero-order valence-corrected chi connectivity index (χ0v) is 16.2. The molecule has 0 saturated carbocycles. The Morgan fingerprint density at radius 2 is 1.67 bits per heavy atom. The summed E-state index contributed by atoms with van der Waals surface area (Å²) in [5.41, 5.74) is 3.01. The van der Waals surface area contributed by atoms with Crippen LogP contribution in [-0.2, 0) is 6.54 Å². The maximum atomic E-state index is 9.64. The molecule has 27 heavy (non-hydrogen) atoms. The van der Waals surface area contributed by atoms with Gasteiger partial charge < -0.3 is 9.67 Å². The first-order valence-corrected chi connectivity index (χ1v) is 10.1. The molecule has 1 aromatic heterocycles. The Labute approximate surface area is 167 Å². The molecule has 1 heterocycles. The van der Waals surface area contributed by atoms with Gasteiger partial charge in [-0.05, 0) is 35.9 Å². The lowest BCUT2D eigenvalue weighted by Gasteiger charge is -2.18. The van der Waals surface area contributed by atoms with E-state index < -0.39 is 0 Å². The number of aliphatic hydroxyl groups is 1. The molecular formula is C22H19ClN2OS. The van der Waals surface area contributed by atoms with Crippen LogP contribution in [0.4, 0.5) is 0 Å². The van der Waals surface area contributed by atoms with Crippen molar-refractivity contribution >= 4 is 34.4 Å². The first kappa shape index (κ1) is 18.1. The lowest BCUT2D eigenvalue weighted by atomic mass is 10.1. The molecule has 5 heteroatoms. The fraction of sp³-hybridized carbons (Fsp3) is 0.136. The van der Waals surface area contributed by atoms with Crippen LogP contribution in [0.2, 0.25) is 5.02 Å². The van der Waals surface area contributed by atoms with Gasteiger partial charge >= 0.3 is 0 Å². The van der Waals surface area contributed by atoms with Crippen molar-refractivity contribution < 1.29 is 5.11 Å². The molecule has 136 valence electrons. The topological polar surface area (TPSA) is 38.0 Å². The summed E-state index contributed by atoms with van der Waals surface area (Å²) in [5.74, 6) is 0.918. The van der Waals surface area contributed by atoms with E-state index in [9.17, 15) is 5.11 Å². The molecule has 3 nitrogen and oxygen atoms in total. The lowest BCUT2D eigenvalue weighted by molar-refractivity contribution is 0.276. The predicted molar refractivity (Wildman–Crippen MR) is 112 cm³/mol. The van der Waals surface area contributed by atoms with E-state index in [0.717, 1.165) is 16.9 Å². The lowest BCUT2D eigenvalue weighted by Crippen LogP contribution is -2.10. The molecule has 1 atom stereocenters. The van der Waals surface area contributed by atoms with Crippen molar-refractivity contribution in [2.45, 2.75) is 16.7 Å². The Bertz CT molecular complexity index is 1030. The molecule has 0 saturated heterocycles. The van der Waals surface area contributed by atoms with Crippen molar-refractivity contribution in [3.63, 3.8) is 0 Å². The number of nitrogens with zero attached hydrogens (tertiary/aromatic N) is 2. The number of rotatable bonds is 6. The number of hydrogen-bond donors (Lipinski definition) is 1. The van der Waals surface area contributed by atoms with E-state index >= 15 is 0 Å². The fourth-order valence-corrected chi connectivity index (χ4v) is 4.51. The Hall–Kier alpha value is -2.27. The number of imidazole rings is 1. The Morgan fingerprint density at radius 3 is 2.37 bits per heavy atom. The van der Waals surface area contributed by atoms with E-state index in [1.165, 1.54) is 10.5 Å². The highest BCUT2D eigenvalue weighted by Gasteiger charge is 2.23. The number of halogens is 1. The third kappa shape index (κ3) is 3.88. The van der Waals surface area contributed by atoms with Gasteiger partial charge in [-0.25, -0.2) is 4.98 Å². The molecule has 0 radical (unpaired) electrons. The normalized spacial score (nSPS) is 12.4. The zero-order valence-electron chi connectivity index (χ0n) is 14.6. The Balaban J connectivity index is 1.87. The molecule has 0 aliphatic rings. The SMILES string of the molecule is OCCn1c(C(Sc2ccccc2)c2ccccc2)nc2ccc(Cl)cc21. The van der Waals surface area contributed by atoms with Gasteiger partial charge in [0, 0.05) is 16.5 Å². The van der Waals surface area contributed by atoms with Crippen molar-refractivity contribution in [3.8, 4) is 0 Å². The van der Waals surface area contributed by atoms with Crippen LogP contribution in [0.25, 0.3) is 11.0 Å². The van der Waals surface area contributed by atoms with Crippen LogP contribution in [0, 0.1) is 0 Å². The monoisotopic (exact) mass is 394 g/mol. The number of thioether (sulfide) groups is 1. The highest BCUT2D eigenvalue weighted by Crippen LogP contribution is 2.41. The second-order valence-corrected chi connectivity index (χ2v) is 7.81. The van der Waals surface area contributed by atoms with E-state index in [1.807, 2.05) is 54.6 Å². The third-order valence-electron chi connectivity index (χ3n) is 4.40. The highest BCUT2D eigenvalue weighted by atomic mass is 35.5. The molecule has 1 unspecified atom stereocenters. The molecule has 0 spiro atoms. The number of benzene rings is 3. The van der Waals surface area contributed by atoms with E-state index in [0.29, 0.717) is 11.6 Å². The fourth-order valence-electron chi connectivity index (χ4n) is 3.18. The van der Waals surface area contributed by atoms with E-state index in [2.05, 4.69) is 28.8 Å². The quantitative estimate of drug-likeness (QED) is 0.435. The average molecular weight is 395 g/mol. The average Bonchev–Trinajstić information content (AvgIpc) is 3.05. The minimum Gasteiger partial charge on any atom is -0.395 e. The Kier molecular flexibility index (Phi) is 5.48. The van der Waals surface area contributed by atoms with Gasteiger partial charge in [0.1, 0.15) is 5.82 Å². The molecule has 0 bridgehead atoms. The molecule has 0 fully saturated rings. The number of aliphatic hydroxyl groups excluding tert-OH is 1. The summed E-state index contributed by atoms with van der Waals surface area (Å²) in [6, 6.07) is 26.4. The van der Waals surface area contributed by atoms with Gasteiger partial charge in [-0.15, -0.1) is 11.8 Å². The third-order valence-corrected chi connectivity index (χ3v) is 5.90. The summed E-state index contributed by atoms with van der Waals surface area (Å²) in [6.45, 7) is 0.521. The van der Waals surface area contributed by atoms with Crippen molar-refractivity contribution in [3.05, 3.63) is 95.3 Å². The van der Waals surface area contributed by atoms with E-state index in [1.54, 1.807) is 11.8 Å². The van der Waals surface area contributed by atoms with Crippen molar-refractivity contribution in [2.24, 2.45) is 0 Å². The van der Waals surface area contributed by atoms with Crippen LogP contribution in [0.5, 0.6) is 0 Å². The first-order chi connectivity index (χ1) is 13.3. The van der Waals surface area contributed by atoms with Crippen LogP contribution >= 0.6 is 23.4 Å². The van der Waals surface area contributed by atoms with Crippen LogP contribution < -0.4 is 0 Å². The second kappa shape index (κ2) is 8.17. The van der Waals surface area contributed by atoms with Gasteiger partial charge in [-0.2, -0.15) is 0 Å². The molecule has 0 amide bonds. The van der Waals surface area contributed by atoms with Crippen LogP contribution in [0.15, 0.2) is 83.8 Å². The van der Waals surface area contributed by atoms with Crippen molar-refractivity contribution in [1.29, 1.82) is 0 Å². The highest BCUT2D eigenvalue weighted by molar-refractivity contribution is 7.99. The summed E-state index contributed by atoms with van der Waals surface area (Å²) in [7, 11) is 0. The number of hydrogen-bond acceptors (Lipinski definition) is 3. The summed E-state index contributed by atoms with van der Waals surface area (Å²) in [6.07, 6.45) is 0. The molecule has 3 aromatic carbocycles. The van der Waals surface area contributed by atoms with Gasteiger partial charge in [0.15, 0.2) is 0 Å². The largest absolute Gasteiger partial charge is 0.395 e. The molecule has 4 rings (SSSR count). The molecule has 0 aliphatic carbocycles. The molecule has 1 N–H and O–H groups in total. The zero-order chi connectivity index (χ0) is 18.6. The molecule has 4 aromatic rings. The second-order valence-electron chi connectivity index (χ2n) is 6.20. The molecular weight excluding hydrogens is 376 g/mol. The standard InChI is InChI=1S/C22H19ClN2OS/c23-17-11-12-19-20(15-17)25(13-14-26)22(24-19)21(16-7-3-1-4-8-16)27-18-9-5-2-6-10-18/h1-12,15,21,26H,13-14H2. The van der Waals surface area contributed by atoms with Gasteiger partial charge in [0.05, 0.1) is 22.9 Å². The summed E-state index contributed by atoms with van der Waals surface area (Å²) in [5, 5.41) is 10.3. The summed E-state index contributed by atoms with van der Waals surface area (Å²) in [4.78, 5) is 6.09. The maximum absolute atomic E-state index is 9.64. The van der Waals surface area contributed by atoms with E-state index in [4.69, 9.17) is 16.6 Å². The van der Waals surface area contributed by atoms with Gasteiger partial charge in [0.25, 0.3) is 0 Å². The van der Waals surface area contributed by atoms with Crippen LogP contribution in [0.1, 0.15) is 16.6 Å². The van der Waals surface area contributed by atoms with Gasteiger partial charge in [-0.3, -0.25) is 0 Å². The molecule has 0 aliphatic heterocycles. The van der Waals surface area contributed by atoms with Gasteiger partial charge in [0.2, 0.25) is 0 Å². The van der Waals surface area contributed by atoms with Crippen LogP contribution in [0.3, 0.4) is 0 Å². The van der Waals surface area contributed by atoms with E-state index in [-0.39, 0.29) is 11.9 Å². The van der Waals surface area contributed by atoms with Crippen molar-refractivity contribution in [2.75, 3.05) is 6.61 Å². The smallest absolute Gasteiger partial charge is 0.128 e. The predicted octanol–water partition coefficient (Wildman–Crippen LogP) is 5.56. The van der Waals surface area contributed by atoms with Crippen molar-refractivity contribution in [1.82, 2.24) is 9.55 Å². The minimum atomic E-state index is 0.00586. The summed E-state index contributed by atoms with van der Waals surface area (Å²) < 4.78 is 2.08. The summed E-state index contributed by atoms with van der Waals surface area (Å²) >= 11 is 7.97.